The third kappa shape index (κ3) is 11.5. The molecule has 0 radical (unpaired) electrons. The standard InChI is InChI=1S/C33H43N3O7/c1-33(2,3)28-22-42-31(40)27(35-32(41)43-21-24-14-8-5-9-15-24)17-11-10-16-25(30(39)36-28)19-29(38)34-26(20-37)18-23-12-6-4-7-13-23/h4-15,25-28,37H,16-22H2,1-3H3,(H,34,38)(H,35,41)(H,36,39)/t25-,26-,27-,28-/m1/s1. The van der Waals surface area contributed by atoms with Gasteiger partial charge in [0.15, 0.2) is 0 Å². The maximum Gasteiger partial charge on any atom is 0.408 e. The molecule has 0 aliphatic carbocycles. The van der Waals surface area contributed by atoms with Gasteiger partial charge in [-0.25, -0.2) is 9.59 Å². The van der Waals surface area contributed by atoms with Crippen molar-refractivity contribution in [3.8, 4) is 0 Å². The Morgan fingerprint density at radius 3 is 2.26 bits per heavy atom. The van der Waals surface area contributed by atoms with Crippen LogP contribution in [0.4, 0.5) is 4.79 Å². The highest BCUT2D eigenvalue weighted by molar-refractivity contribution is 5.86. The van der Waals surface area contributed by atoms with Gasteiger partial charge in [-0.05, 0) is 35.8 Å². The largest absolute Gasteiger partial charge is 0.462 e. The molecule has 2 aromatic carbocycles. The van der Waals surface area contributed by atoms with Crippen LogP contribution in [0.1, 0.15) is 51.2 Å². The fourth-order valence-electron chi connectivity index (χ4n) is 4.53. The molecule has 0 saturated heterocycles. The summed E-state index contributed by atoms with van der Waals surface area (Å²) in [5, 5.41) is 18.2. The summed E-state index contributed by atoms with van der Waals surface area (Å²) in [6.45, 7) is 5.42. The zero-order chi connectivity index (χ0) is 31.2. The number of aliphatic hydroxyl groups excluding tert-OH is 1. The fraction of sp³-hybridized carbons (Fsp3) is 0.455. The molecule has 0 saturated carbocycles. The summed E-state index contributed by atoms with van der Waals surface area (Å²) in [7, 11) is 0. The summed E-state index contributed by atoms with van der Waals surface area (Å²) in [5.41, 5.74) is 1.31. The summed E-state index contributed by atoms with van der Waals surface area (Å²) >= 11 is 0. The molecule has 232 valence electrons. The van der Waals surface area contributed by atoms with Crippen LogP contribution in [0.15, 0.2) is 72.8 Å². The number of alkyl carbamates (subject to hydrolysis) is 1. The lowest BCUT2D eigenvalue weighted by Crippen LogP contribution is -2.51. The van der Waals surface area contributed by atoms with Crippen molar-refractivity contribution < 1.29 is 33.8 Å². The molecule has 0 unspecified atom stereocenters. The van der Waals surface area contributed by atoms with Crippen LogP contribution < -0.4 is 16.0 Å². The molecular weight excluding hydrogens is 550 g/mol. The number of rotatable bonds is 9. The highest BCUT2D eigenvalue weighted by atomic mass is 16.6. The van der Waals surface area contributed by atoms with Gasteiger partial charge in [0, 0.05) is 6.42 Å². The first kappa shape index (κ1) is 33.3. The second-order valence-corrected chi connectivity index (χ2v) is 11.8. The molecule has 3 rings (SSSR count). The number of amides is 3. The highest BCUT2D eigenvalue weighted by Crippen LogP contribution is 2.22. The van der Waals surface area contributed by atoms with Crippen LogP contribution >= 0.6 is 0 Å². The van der Waals surface area contributed by atoms with E-state index in [4.69, 9.17) is 9.47 Å². The molecular formula is C33H43N3O7. The van der Waals surface area contributed by atoms with E-state index in [1.165, 1.54) is 0 Å². The average Bonchev–Trinajstić information content (AvgIpc) is 2.98. The van der Waals surface area contributed by atoms with Crippen molar-refractivity contribution in [2.75, 3.05) is 13.2 Å². The minimum atomic E-state index is -1.000. The van der Waals surface area contributed by atoms with Gasteiger partial charge in [0.25, 0.3) is 0 Å². The zero-order valence-corrected chi connectivity index (χ0v) is 25.1. The van der Waals surface area contributed by atoms with Crippen molar-refractivity contribution in [3.63, 3.8) is 0 Å². The van der Waals surface area contributed by atoms with Gasteiger partial charge < -0.3 is 30.5 Å². The third-order valence-electron chi connectivity index (χ3n) is 7.22. The SMILES string of the molecule is CC(C)(C)[C@H]1COC(=O)[C@H](NC(=O)OCc2ccccc2)CC=CC[C@H](CC(=O)N[C@@H](CO)Cc2ccccc2)C(=O)N1. The van der Waals surface area contributed by atoms with Crippen LogP contribution in [-0.4, -0.2) is 60.3 Å². The quantitative estimate of drug-likeness (QED) is 0.258. The first-order valence-electron chi connectivity index (χ1n) is 14.6. The maximum absolute atomic E-state index is 13.4. The van der Waals surface area contributed by atoms with E-state index in [0.717, 1.165) is 11.1 Å². The lowest BCUT2D eigenvalue weighted by molar-refractivity contribution is -0.148. The fourth-order valence-corrected chi connectivity index (χ4v) is 4.53. The van der Waals surface area contributed by atoms with Crippen LogP contribution in [0.3, 0.4) is 0 Å². The molecule has 0 fully saturated rings. The van der Waals surface area contributed by atoms with Crippen LogP contribution in [0.25, 0.3) is 0 Å². The van der Waals surface area contributed by atoms with Crippen LogP contribution in [-0.2, 0) is 36.9 Å². The molecule has 0 spiro atoms. The van der Waals surface area contributed by atoms with E-state index in [9.17, 15) is 24.3 Å². The van der Waals surface area contributed by atoms with Crippen molar-refractivity contribution in [3.05, 3.63) is 83.9 Å². The second-order valence-electron chi connectivity index (χ2n) is 11.8. The average molecular weight is 594 g/mol. The molecule has 1 heterocycles. The molecule has 4 N–H and O–H groups in total. The van der Waals surface area contributed by atoms with Gasteiger partial charge in [-0.3, -0.25) is 9.59 Å². The van der Waals surface area contributed by atoms with Crippen molar-refractivity contribution in [1.82, 2.24) is 16.0 Å². The Balaban J connectivity index is 1.68. The molecule has 0 bridgehead atoms. The Morgan fingerprint density at radius 2 is 1.63 bits per heavy atom. The van der Waals surface area contributed by atoms with Crippen molar-refractivity contribution in [2.45, 2.75) is 71.2 Å². The number of aliphatic hydroxyl groups is 1. The molecule has 10 heteroatoms. The molecule has 2 aromatic rings. The molecule has 10 nitrogen and oxygen atoms in total. The Bertz CT molecular complexity index is 1230. The zero-order valence-electron chi connectivity index (χ0n) is 25.1. The second kappa shape index (κ2) is 16.5. The van der Waals surface area contributed by atoms with Gasteiger partial charge in [-0.15, -0.1) is 0 Å². The van der Waals surface area contributed by atoms with Crippen LogP contribution in [0.5, 0.6) is 0 Å². The number of esters is 1. The summed E-state index contributed by atoms with van der Waals surface area (Å²) in [5.74, 6) is -2.03. The van der Waals surface area contributed by atoms with Gasteiger partial charge >= 0.3 is 12.1 Å². The van der Waals surface area contributed by atoms with Crippen molar-refractivity contribution >= 4 is 23.9 Å². The number of carbonyl (C=O) groups excluding carboxylic acids is 4. The lowest BCUT2D eigenvalue weighted by Gasteiger charge is -2.33. The molecule has 0 aromatic heterocycles. The number of nitrogens with one attached hydrogen (secondary N) is 3. The number of carbonyl (C=O) groups is 4. The number of hydrogen-bond donors (Lipinski definition) is 4. The molecule has 3 amide bonds. The Morgan fingerprint density at radius 1 is 1.00 bits per heavy atom. The van der Waals surface area contributed by atoms with E-state index in [1.807, 2.05) is 81.4 Å². The molecule has 1 aliphatic heterocycles. The summed E-state index contributed by atoms with van der Waals surface area (Å²) < 4.78 is 10.8. The van der Waals surface area contributed by atoms with E-state index < -0.39 is 41.5 Å². The van der Waals surface area contributed by atoms with Crippen LogP contribution in [0.2, 0.25) is 0 Å². The Kier molecular flexibility index (Phi) is 12.8. The van der Waals surface area contributed by atoms with E-state index in [2.05, 4.69) is 16.0 Å². The van der Waals surface area contributed by atoms with Gasteiger partial charge in [0.1, 0.15) is 19.3 Å². The maximum atomic E-state index is 13.4. The molecule has 1 aliphatic rings. The van der Waals surface area contributed by atoms with Gasteiger partial charge in [-0.1, -0.05) is 93.6 Å². The number of allylic oxidation sites excluding steroid dienone is 1. The first-order valence-corrected chi connectivity index (χ1v) is 14.6. The summed E-state index contributed by atoms with van der Waals surface area (Å²) in [4.78, 5) is 51.8. The number of hydrogen-bond acceptors (Lipinski definition) is 7. The van der Waals surface area contributed by atoms with E-state index in [-0.39, 0.29) is 50.9 Å². The minimum absolute atomic E-state index is 0.0502. The van der Waals surface area contributed by atoms with Gasteiger partial charge in [0.05, 0.1) is 24.6 Å². The lowest BCUT2D eigenvalue weighted by atomic mass is 9.86. The van der Waals surface area contributed by atoms with Gasteiger partial charge in [-0.2, -0.15) is 0 Å². The first-order chi connectivity index (χ1) is 20.5. The third-order valence-corrected chi connectivity index (χ3v) is 7.22. The molecule has 4 atom stereocenters. The van der Waals surface area contributed by atoms with E-state index >= 15 is 0 Å². The number of ether oxygens (including phenoxy) is 2. The predicted octanol–water partition coefficient (Wildman–Crippen LogP) is 3.43. The minimum Gasteiger partial charge on any atom is -0.462 e. The van der Waals surface area contributed by atoms with E-state index in [0.29, 0.717) is 6.42 Å². The van der Waals surface area contributed by atoms with E-state index in [1.54, 1.807) is 12.2 Å². The van der Waals surface area contributed by atoms with Crippen LogP contribution in [0, 0.1) is 11.3 Å². The Hall–Kier alpha value is -4.18. The monoisotopic (exact) mass is 593 g/mol. The highest BCUT2D eigenvalue weighted by Gasteiger charge is 2.33. The topological polar surface area (TPSA) is 143 Å². The molecule has 43 heavy (non-hydrogen) atoms. The Labute approximate surface area is 253 Å². The van der Waals surface area contributed by atoms with Gasteiger partial charge in [0.2, 0.25) is 11.8 Å². The number of benzene rings is 2. The number of cyclic esters (lactones) is 1. The van der Waals surface area contributed by atoms with Crippen molar-refractivity contribution in [1.29, 1.82) is 0 Å². The van der Waals surface area contributed by atoms with Crippen molar-refractivity contribution in [2.24, 2.45) is 11.3 Å². The smallest absolute Gasteiger partial charge is 0.408 e. The normalized spacial score (nSPS) is 20.4. The summed E-state index contributed by atoms with van der Waals surface area (Å²) in [6.07, 6.45) is 3.36. The predicted molar refractivity (Wildman–Crippen MR) is 162 cm³/mol. The summed E-state index contributed by atoms with van der Waals surface area (Å²) in [6, 6.07) is 16.7.